The summed E-state index contributed by atoms with van der Waals surface area (Å²) in [7, 11) is 0. The van der Waals surface area contributed by atoms with Crippen LogP contribution in [0.15, 0.2) is 36.9 Å². The van der Waals surface area contributed by atoms with E-state index >= 15 is 0 Å². The normalized spacial score (nSPS) is 14.6. The predicted molar refractivity (Wildman–Crippen MR) is 96.5 cm³/mol. The van der Waals surface area contributed by atoms with Gasteiger partial charge in [-0.25, -0.2) is 4.98 Å². The van der Waals surface area contributed by atoms with E-state index in [0.29, 0.717) is 6.54 Å². The molecule has 1 aromatic carbocycles. The van der Waals surface area contributed by atoms with Crippen LogP contribution in [0.4, 0.5) is 0 Å². The number of hydrogen-bond donors (Lipinski definition) is 1. The fourth-order valence-electron chi connectivity index (χ4n) is 3.38. The van der Waals surface area contributed by atoms with Crippen LogP contribution in [0.2, 0.25) is 0 Å². The Labute approximate surface area is 148 Å². The molecule has 1 aliphatic carbocycles. The molecule has 0 unspecified atom stereocenters. The van der Waals surface area contributed by atoms with Crippen molar-refractivity contribution in [2.24, 2.45) is 0 Å². The molecular weight excluding hydrogens is 314 g/mol. The topological polar surface area (TPSA) is 64.0 Å². The maximum atomic E-state index is 12.4. The van der Waals surface area contributed by atoms with E-state index in [9.17, 15) is 9.59 Å². The molecule has 1 aliphatic rings. The van der Waals surface area contributed by atoms with Gasteiger partial charge in [-0.05, 0) is 49.8 Å². The number of imidazole rings is 1. The third kappa shape index (κ3) is 4.78. The number of ketones is 1. The highest BCUT2D eigenvalue weighted by molar-refractivity contribution is 5.98. The van der Waals surface area contributed by atoms with Crippen molar-refractivity contribution < 1.29 is 9.59 Å². The van der Waals surface area contributed by atoms with Gasteiger partial charge in [0.15, 0.2) is 5.78 Å². The molecule has 1 N–H and O–H groups in total. The first kappa shape index (κ1) is 17.4. The van der Waals surface area contributed by atoms with E-state index in [1.54, 1.807) is 12.5 Å². The Morgan fingerprint density at radius 2 is 2.00 bits per heavy atom. The Kier molecular flexibility index (Phi) is 5.64. The van der Waals surface area contributed by atoms with Crippen LogP contribution in [0.3, 0.4) is 0 Å². The smallest absolute Gasteiger partial charge is 0.220 e. The molecule has 0 aliphatic heterocycles. The Morgan fingerprint density at radius 3 is 2.76 bits per heavy atom. The number of fused-ring (bicyclic) bond motifs is 1. The maximum Gasteiger partial charge on any atom is 0.220 e. The van der Waals surface area contributed by atoms with Crippen molar-refractivity contribution >= 4 is 11.7 Å². The summed E-state index contributed by atoms with van der Waals surface area (Å²) >= 11 is 0. The number of benzene rings is 1. The number of nitrogens with zero attached hydrogens (tertiary/aromatic N) is 2. The lowest BCUT2D eigenvalue weighted by atomic mass is 9.89. The van der Waals surface area contributed by atoms with Crippen LogP contribution in [-0.4, -0.2) is 27.3 Å². The number of carbonyl (C=O) groups excluding carboxylic acids is 2. The van der Waals surface area contributed by atoms with Crippen molar-refractivity contribution in [2.45, 2.75) is 58.0 Å². The van der Waals surface area contributed by atoms with Gasteiger partial charge in [0.25, 0.3) is 0 Å². The van der Waals surface area contributed by atoms with Crippen molar-refractivity contribution in [1.29, 1.82) is 0 Å². The summed E-state index contributed by atoms with van der Waals surface area (Å²) in [6, 6.07) is 6.01. The average molecular weight is 339 g/mol. The van der Waals surface area contributed by atoms with Crippen molar-refractivity contribution in [1.82, 2.24) is 14.9 Å². The molecule has 0 radical (unpaired) electrons. The zero-order valence-electron chi connectivity index (χ0n) is 14.7. The van der Waals surface area contributed by atoms with Crippen LogP contribution in [-0.2, 0) is 24.2 Å². The first-order valence-electron chi connectivity index (χ1n) is 9.02. The summed E-state index contributed by atoms with van der Waals surface area (Å²) < 4.78 is 1.92. The monoisotopic (exact) mass is 339 g/mol. The van der Waals surface area contributed by atoms with Gasteiger partial charge < -0.3 is 9.88 Å². The van der Waals surface area contributed by atoms with E-state index in [2.05, 4.69) is 16.4 Å². The Hall–Kier alpha value is -2.43. The van der Waals surface area contributed by atoms with Gasteiger partial charge in [-0.3, -0.25) is 9.59 Å². The second-order valence-electron chi connectivity index (χ2n) is 6.84. The lowest BCUT2D eigenvalue weighted by Crippen LogP contribution is -2.35. The van der Waals surface area contributed by atoms with E-state index in [1.165, 1.54) is 24.0 Å². The molecule has 1 heterocycles. The van der Waals surface area contributed by atoms with Gasteiger partial charge >= 0.3 is 0 Å². The average Bonchev–Trinajstić information content (AvgIpc) is 3.12. The van der Waals surface area contributed by atoms with Gasteiger partial charge in [-0.15, -0.1) is 0 Å². The number of Topliss-reactive ketones (excluding diaryl/α,β-unsaturated/α-hetero) is 1. The van der Waals surface area contributed by atoms with Gasteiger partial charge in [-0.2, -0.15) is 0 Å². The van der Waals surface area contributed by atoms with E-state index < -0.39 is 0 Å². The van der Waals surface area contributed by atoms with Crippen LogP contribution >= 0.6 is 0 Å². The largest absolute Gasteiger partial charge is 0.352 e. The number of aromatic nitrogens is 2. The van der Waals surface area contributed by atoms with Crippen LogP contribution in [0.25, 0.3) is 0 Å². The lowest BCUT2D eigenvalue weighted by Gasteiger charge is -2.16. The number of amides is 1. The maximum absolute atomic E-state index is 12.4. The molecule has 1 atom stereocenters. The summed E-state index contributed by atoms with van der Waals surface area (Å²) in [4.78, 5) is 28.4. The molecule has 2 aromatic rings. The quantitative estimate of drug-likeness (QED) is 0.789. The fraction of sp³-hybridized carbons (Fsp3) is 0.450. The number of nitrogens with one attached hydrogen (secondary N) is 1. The van der Waals surface area contributed by atoms with Gasteiger partial charge in [0, 0.05) is 43.4 Å². The molecule has 5 heteroatoms. The highest BCUT2D eigenvalue weighted by Gasteiger charge is 2.15. The molecule has 1 aromatic heterocycles. The molecule has 5 nitrogen and oxygen atoms in total. The first-order chi connectivity index (χ1) is 12.1. The minimum Gasteiger partial charge on any atom is -0.352 e. The van der Waals surface area contributed by atoms with Crippen LogP contribution in [0.5, 0.6) is 0 Å². The van der Waals surface area contributed by atoms with Crippen LogP contribution < -0.4 is 5.32 Å². The predicted octanol–water partition coefficient (Wildman–Crippen LogP) is 2.93. The van der Waals surface area contributed by atoms with Gasteiger partial charge in [0.1, 0.15) is 0 Å². The zero-order chi connectivity index (χ0) is 17.6. The minimum atomic E-state index is -0.0843. The standard InChI is InChI=1S/C20H25N3O2/c1-15(13-23-11-10-21-14-23)22-20(25)9-8-19(24)18-7-6-16-4-2-3-5-17(16)12-18/h6-7,10-12,14-15H,2-5,8-9,13H2,1H3,(H,22,25)/t15-/m1/s1. The zero-order valence-corrected chi connectivity index (χ0v) is 14.7. The third-order valence-electron chi connectivity index (χ3n) is 4.70. The van der Waals surface area contributed by atoms with Crippen molar-refractivity contribution in [2.75, 3.05) is 0 Å². The lowest BCUT2D eigenvalue weighted by molar-refractivity contribution is -0.121. The highest BCUT2D eigenvalue weighted by Crippen LogP contribution is 2.22. The Morgan fingerprint density at radius 1 is 1.20 bits per heavy atom. The molecule has 1 amide bonds. The minimum absolute atomic E-state index is 0.000506. The first-order valence-corrected chi connectivity index (χ1v) is 9.02. The second kappa shape index (κ2) is 8.10. The molecule has 0 saturated carbocycles. The number of carbonyl (C=O) groups is 2. The van der Waals surface area contributed by atoms with Crippen molar-refractivity contribution in [3.63, 3.8) is 0 Å². The molecular formula is C20H25N3O2. The molecule has 0 spiro atoms. The molecule has 0 saturated heterocycles. The summed E-state index contributed by atoms with van der Waals surface area (Å²) in [6.07, 6.45) is 10.4. The third-order valence-corrected chi connectivity index (χ3v) is 4.70. The van der Waals surface area contributed by atoms with E-state index in [1.807, 2.05) is 29.8 Å². The molecule has 3 rings (SSSR count). The van der Waals surface area contributed by atoms with E-state index in [4.69, 9.17) is 0 Å². The number of hydrogen-bond acceptors (Lipinski definition) is 3. The molecule has 25 heavy (non-hydrogen) atoms. The molecule has 132 valence electrons. The number of aryl methyl sites for hydroxylation is 2. The summed E-state index contributed by atoms with van der Waals surface area (Å²) in [5, 5.41) is 2.94. The highest BCUT2D eigenvalue weighted by atomic mass is 16.2. The fourth-order valence-corrected chi connectivity index (χ4v) is 3.38. The Balaban J connectivity index is 1.47. The van der Waals surface area contributed by atoms with Crippen LogP contribution in [0, 0.1) is 0 Å². The van der Waals surface area contributed by atoms with Gasteiger partial charge in [0.2, 0.25) is 5.91 Å². The molecule has 0 bridgehead atoms. The Bertz CT molecular complexity index is 737. The van der Waals surface area contributed by atoms with Crippen molar-refractivity contribution in [3.05, 3.63) is 53.6 Å². The SMILES string of the molecule is C[C@H](Cn1ccnc1)NC(=O)CCC(=O)c1ccc2c(c1)CCCC2. The summed E-state index contributed by atoms with van der Waals surface area (Å²) in [6.45, 7) is 2.62. The van der Waals surface area contributed by atoms with Crippen molar-refractivity contribution in [3.8, 4) is 0 Å². The van der Waals surface area contributed by atoms with E-state index in [-0.39, 0.29) is 30.6 Å². The van der Waals surface area contributed by atoms with E-state index in [0.717, 1.165) is 18.4 Å². The summed E-state index contributed by atoms with van der Waals surface area (Å²) in [5.41, 5.74) is 3.41. The second-order valence-corrected chi connectivity index (χ2v) is 6.84. The van der Waals surface area contributed by atoms with Crippen LogP contribution in [0.1, 0.15) is 54.1 Å². The van der Waals surface area contributed by atoms with Gasteiger partial charge in [-0.1, -0.05) is 12.1 Å². The number of rotatable bonds is 7. The van der Waals surface area contributed by atoms with Gasteiger partial charge in [0.05, 0.1) is 6.33 Å². The summed E-state index contributed by atoms with van der Waals surface area (Å²) in [5.74, 6) is -0.0373. The molecule has 0 fully saturated rings.